The number of esters is 1. The van der Waals surface area contributed by atoms with Gasteiger partial charge in [-0.25, -0.2) is 4.79 Å². The molecule has 4 heteroatoms. The summed E-state index contributed by atoms with van der Waals surface area (Å²) in [5.41, 5.74) is 6.62. The van der Waals surface area contributed by atoms with Crippen molar-refractivity contribution in [1.82, 2.24) is 0 Å². The molecular weight excluding hydrogens is 262 g/mol. The van der Waals surface area contributed by atoms with Crippen molar-refractivity contribution < 1.29 is 31.9 Å². The average Bonchev–Trinajstić information content (AvgIpc) is 2.06. The van der Waals surface area contributed by atoms with Gasteiger partial charge >= 0.3 is 5.97 Å². The molecule has 1 radical (unpaired) electrons. The summed E-state index contributed by atoms with van der Waals surface area (Å²) in [5.74, 6) is -0.308. The summed E-state index contributed by atoms with van der Waals surface area (Å²) in [7, 11) is 0. The molecule has 0 amide bonds. The van der Waals surface area contributed by atoms with Gasteiger partial charge < -0.3 is 10.5 Å². The van der Waals surface area contributed by atoms with Crippen LogP contribution in [0.2, 0.25) is 0 Å². The fourth-order valence-electron chi connectivity index (χ4n) is 0.834. The molecule has 2 N–H and O–H groups in total. The molecule has 0 aliphatic heterocycles. The molecule has 0 bridgehead atoms. The fraction of sp³-hybridized carbons (Fsp3) is 0.222. The number of hydrogen-bond donors (Lipinski definition) is 1. The van der Waals surface area contributed by atoms with Crippen LogP contribution < -0.4 is 5.73 Å². The molecule has 13 heavy (non-hydrogen) atoms. The summed E-state index contributed by atoms with van der Waals surface area (Å²) >= 11 is 0. The summed E-state index contributed by atoms with van der Waals surface area (Å²) in [6, 6.07) is 6.64. The quantitative estimate of drug-likeness (QED) is 0.504. The zero-order valence-electron chi connectivity index (χ0n) is 7.21. The first-order valence-corrected chi connectivity index (χ1v) is 3.76. The minimum absolute atomic E-state index is 0. The SMILES string of the molecule is CCOC(=O)c1ccc(N)cc1.[Ag]. The Morgan fingerprint density at radius 3 is 2.38 bits per heavy atom. The summed E-state index contributed by atoms with van der Waals surface area (Å²) in [6.07, 6.45) is 0. The summed E-state index contributed by atoms with van der Waals surface area (Å²) in [6.45, 7) is 2.17. The predicted octanol–water partition coefficient (Wildman–Crippen LogP) is 1.44. The van der Waals surface area contributed by atoms with E-state index >= 15 is 0 Å². The number of nitrogen functional groups attached to an aromatic ring is 1. The number of ether oxygens (including phenoxy) is 1. The molecule has 0 aliphatic carbocycles. The van der Waals surface area contributed by atoms with Gasteiger partial charge in [0, 0.05) is 28.1 Å². The molecule has 1 aromatic rings. The first kappa shape index (κ1) is 12.2. The molecule has 0 saturated heterocycles. The van der Waals surface area contributed by atoms with Gasteiger partial charge in [0.15, 0.2) is 0 Å². The van der Waals surface area contributed by atoms with E-state index in [0.717, 1.165) is 0 Å². The Morgan fingerprint density at radius 2 is 1.92 bits per heavy atom. The van der Waals surface area contributed by atoms with E-state index in [1.54, 1.807) is 31.2 Å². The van der Waals surface area contributed by atoms with Crippen molar-refractivity contribution in [3.63, 3.8) is 0 Å². The van der Waals surface area contributed by atoms with E-state index < -0.39 is 0 Å². The average molecular weight is 273 g/mol. The van der Waals surface area contributed by atoms with Crippen LogP contribution in [0.1, 0.15) is 17.3 Å². The number of carbonyl (C=O) groups is 1. The Hall–Kier alpha value is -0.770. The van der Waals surface area contributed by atoms with Gasteiger partial charge in [-0.15, -0.1) is 0 Å². The molecule has 0 fully saturated rings. The minimum Gasteiger partial charge on any atom is -0.462 e. The number of hydrogen-bond acceptors (Lipinski definition) is 3. The van der Waals surface area contributed by atoms with Crippen LogP contribution in [-0.2, 0) is 27.1 Å². The Kier molecular flexibility index (Phi) is 5.46. The van der Waals surface area contributed by atoms with E-state index in [2.05, 4.69) is 0 Å². The normalized spacial score (nSPS) is 8.69. The number of carbonyl (C=O) groups excluding carboxylic acids is 1. The Labute approximate surface area is 92.8 Å². The van der Waals surface area contributed by atoms with Gasteiger partial charge in [-0.3, -0.25) is 0 Å². The minimum atomic E-state index is -0.308. The van der Waals surface area contributed by atoms with E-state index in [9.17, 15) is 4.79 Å². The molecule has 75 valence electrons. The van der Waals surface area contributed by atoms with Crippen LogP contribution in [0, 0.1) is 0 Å². The van der Waals surface area contributed by atoms with Gasteiger partial charge in [-0.2, -0.15) is 0 Å². The molecule has 1 rings (SSSR count). The smallest absolute Gasteiger partial charge is 0.338 e. The third kappa shape index (κ3) is 3.63. The van der Waals surface area contributed by atoms with Gasteiger partial charge in [0.05, 0.1) is 12.2 Å². The number of benzene rings is 1. The largest absolute Gasteiger partial charge is 0.462 e. The number of rotatable bonds is 2. The van der Waals surface area contributed by atoms with Crippen LogP contribution >= 0.6 is 0 Å². The maximum atomic E-state index is 11.1. The second kappa shape index (κ2) is 5.80. The van der Waals surface area contributed by atoms with E-state index in [1.165, 1.54) is 0 Å². The van der Waals surface area contributed by atoms with Crippen LogP contribution in [-0.4, -0.2) is 12.6 Å². The topological polar surface area (TPSA) is 52.3 Å². The van der Waals surface area contributed by atoms with E-state index in [4.69, 9.17) is 10.5 Å². The van der Waals surface area contributed by atoms with Gasteiger partial charge in [-0.05, 0) is 31.2 Å². The van der Waals surface area contributed by atoms with Gasteiger partial charge in [-0.1, -0.05) is 0 Å². The molecule has 0 heterocycles. The standard InChI is InChI=1S/C9H11NO2.Ag/c1-2-12-9(11)7-3-5-8(10)6-4-7;/h3-6H,2,10H2,1H3;. The fourth-order valence-corrected chi connectivity index (χ4v) is 0.834. The molecule has 0 aromatic heterocycles. The molecule has 0 saturated carbocycles. The second-order valence-corrected chi connectivity index (χ2v) is 2.34. The molecule has 0 aliphatic rings. The maximum absolute atomic E-state index is 11.1. The summed E-state index contributed by atoms with van der Waals surface area (Å²) in [4.78, 5) is 11.1. The van der Waals surface area contributed by atoms with Crippen LogP contribution in [0.25, 0.3) is 0 Å². The number of anilines is 1. The van der Waals surface area contributed by atoms with Gasteiger partial charge in [0.1, 0.15) is 0 Å². The van der Waals surface area contributed by atoms with Crippen LogP contribution in [0.15, 0.2) is 24.3 Å². The van der Waals surface area contributed by atoms with Crippen molar-refractivity contribution in [2.24, 2.45) is 0 Å². The third-order valence-electron chi connectivity index (χ3n) is 1.42. The van der Waals surface area contributed by atoms with Crippen LogP contribution in [0.5, 0.6) is 0 Å². The zero-order valence-corrected chi connectivity index (χ0v) is 8.69. The molecule has 3 nitrogen and oxygen atoms in total. The summed E-state index contributed by atoms with van der Waals surface area (Å²) < 4.78 is 4.79. The second-order valence-electron chi connectivity index (χ2n) is 2.34. The summed E-state index contributed by atoms with van der Waals surface area (Å²) in [5, 5.41) is 0. The Bertz CT molecular complexity index is 271. The van der Waals surface area contributed by atoms with Crippen molar-refractivity contribution >= 4 is 11.7 Å². The van der Waals surface area contributed by atoms with Gasteiger partial charge in [0.2, 0.25) is 0 Å². The van der Waals surface area contributed by atoms with Crippen molar-refractivity contribution in [3.05, 3.63) is 29.8 Å². The predicted molar refractivity (Wildman–Crippen MR) is 46.8 cm³/mol. The van der Waals surface area contributed by atoms with Crippen molar-refractivity contribution in [2.75, 3.05) is 12.3 Å². The maximum Gasteiger partial charge on any atom is 0.338 e. The molecule has 0 spiro atoms. The zero-order chi connectivity index (χ0) is 8.97. The monoisotopic (exact) mass is 272 g/mol. The number of nitrogens with two attached hydrogens (primary N) is 1. The molecule has 0 atom stereocenters. The van der Waals surface area contributed by atoms with E-state index in [-0.39, 0.29) is 28.3 Å². The van der Waals surface area contributed by atoms with Crippen LogP contribution in [0.4, 0.5) is 5.69 Å². The van der Waals surface area contributed by atoms with E-state index in [1.807, 2.05) is 0 Å². The Morgan fingerprint density at radius 1 is 1.38 bits per heavy atom. The van der Waals surface area contributed by atoms with Crippen molar-refractivity contribution in [3.8, 4) is 0 Å². The molecular formula is C9H11AgNO2. The molecule has 1 aromatic carbocycles. The first-order valence-electron chi connectivity index (χ1n) is 3.76. The van der Waals surface area contributed by atoms with Crippen molar-refractivity contribution in [1.29, 1.82) is 0 Å². The van der Waals surface area contributed by atoms with Gasteiger partial charge in [0.25, 0.3) is 0 Å². The van der Waals surface area contributed by atoms with E-state index in [0.29, 0.717) is 17.9 Å². The first-order chi connectivity index (χ1) is 5.74. The van der Waals surface area contributed by atoms with Crippen LogP contribution in [0.3, 0.4) is 0 Å². The van der Waals surface area contributed by atoms with Crippen molar-refractivity contribution in [2.45, 2.75) is 6.92 Å². The molecule has 0 unspecified atom stereocenters. The third-order valence-corrected chi connectivity index (χ3v) is 1.42. The Balaban J connectivity index is 0.00000144.